The predicted molar refractivity (Wildman–Crippen MR) is 315 cm³/mol. The number of hydrogen-bond donors (Lipinski definition) is 6. The first-order chi connectivity index (χ1) is 37.2. The molecule has 8 unspecified atom stereocenters. The van der Waals surface area contributed by atoms with Crippen molar-refractivity contribution >= 4 is 11.9 Å². The van der Waals surface area contributed by atoms with Gasteiger partial charge in [-0.3, -0.25) is 9.59 Å². The number of carbonyl (C=O) groups excluding carboxylic acids is 2. The van der Waals surface area contributed by atoms with Crippen molar-refractivity contribution in [3.05, 3.63) is 97.2 Å². The third-order valence-corrected chi connectivity index (χ3v) is 13.7. The van der Waals surface area contributed by atoms with Crippen molar-refractivity contribution in [1.82, 2.24) is 5.32 Å². The van der Waals surface area contributed by atoms with E-state index in [1.165, 1.54) is 103 Å². The third-order valence-electron chi connectivity index (χ3n) is 13.7. The van der Waals surface area contributed by atoms with E-state index >= 15 is 0 Å². The molecule has 0 radical (unpaired) electrons. The molecule has 1 saturated heterocycles. The number of carbonyl (C=O) groups is 2. The lowest BCUT2D eigenvalue weighted by Gasteiger charge is -2.41. The van der Waals surface area contributed by atoms with Gasteiger partial charge in [-0.2, -0.15) is 0 Å². The van der Waals surface area contributed by atoms with Gasteiger partial charge in [0.1, 0.15) is 24.4 Å². The summed E-state index contributed by atoms with van der Waals surface area (Å²) in [7, 11) is 0. The Balaban J connectivity index is 2.76. The molecule has 0 aromatic heterocycles. The van der Waals surface area contributed by atoms with Crippen LogP contribution in [0.5, 0.6) is 0 Å². The number of ether oxygens (including phenoxy) is 3. The third kappa shape index (κ3) is 39.9. The molecule has 436 valence electrons. The maximum atomic E-state index is 13.4. The Labute approximate surface area is 463 Å². The maximum Gasteiger partial charge on any atom is 0.306 e. The highest BCUT2D eigenvalue weighted by atomic mass is 16.7. The zero-order valence-electron chi connectivity index (χ0n) is 48.1. The van der Waals surface area contributed by atoms with E-state index in [9.17, 15) is 35.1 Å². The highest BCUT2D eigenvalue weighted by Gasteiger charge is 2.47. The van der Waals surface area contributed by atoms with E-state index < -0.39 is 67.4 Å². The monoisotopic (exact) mass is 1070 g/mol. The Hall–Kier alpha value is -3.42. The SMILES string of the molecule is CC/C=C\C/C=C\C/C=C\C/C=C\C/C=C\C/C=C\CC(O)C(=O)NC(COC1OC(CO)C(O)C(O)C1OC(=O)CCCCCCCCC/C=C/CCCCCCCC)C(O)/C=C/CCCCCCCCCCCC. The largest absolute Gasteiger partial charge is 0.454 e. The number of amides is 1. The van der Waals surface area contributed by atoms with Crippen LogP contribution < -0.4 is 5.32 Å². The van der Waals surface area contributed by atoms with Crippen LogP contribution in [0, 0.1) is 0 Å². The van der Waals surface area contributed by atoms with Crippen LogP contribution in [0.25, 0.3) is 0 Å². The van der Waals surface area contributed by atoms with Crippen LogP contribution in [0.2, 0.25) is 0 Å². The fraction of sp³-hybridized carbons (Fsp3) is 0.723. The summed E-state index contributed by atoms with van der Waals surface area (Å²) in [6, 6.07) is -1.07. The highest BCUT2D eigenvalue weighted by molar-refractivity contribution is 5.81. The van der Waals surface area contributed by atoms with E-state index in [0.717, 1.165) is 89.9 Å². The fourth-order valence-corrected chi connectivity index (χ4v) is 8.90. The van der Waals surface area contributed by atoms with Gasteiger partial charge < -0.3 is 45.1 Å². The molecule has 76 heavy (non-hydrogen) atoms. The summed E-state index contributed by atoms with van der Waals surface area (Å²) < 4.78 is 17.6. The van der Waals surface area contributed by atoms with E-state index in [-0.39, 0.29) is 19.4 Å². The van der Waals surface area contributed by atoms with Gasteiger partial charge in [0.2, 0.25) is 5.91 Å². The molecule has 1 aliphatic rings. The van der Waals surface area contributed by atoms with Crippen LogP contribution in [-0.2, 0) is 23.8 Å². The zero-order chi connectivity index (χ0) is 55.4. The first kappa shape index (κ1) is 70.6. The Morgan fingerprint density at radius 2 is 0.947 bits per heavy atom. The van der Waals surface area contributed by atoms with Crippen molar-refractivity contribution in [2.75, 3.05) is 13.2 Å². The second-order valence-electron chi connectivity index (χ2n) is 20.7. The number of unbranched alkanes of at least 4 members (excludes halogenated alkanes) is 23. The number of rotatable bonds is 50. The van der Waals surface area contributed by atoms with Crippen LogP contribution in [0.15, 0.2) is 97.2 Å². The molecular weight excluding hydrogens is 955 g/mol. The number of aliphatic hydroxyl groups excluding tert-OH is 5. The average molecular weight is 1070 g/mol. The van der Waals surface area contributed by atoms with Gasteiger partial charge >= 0.3 is 5.97 Å². The molecule has 0 aromatic carbocycles. The molecule has 0 bridgehead atoms. The summed E-state index contributed by atoms with van der Waals surface area (Å²) >= 11 is 0. The summed E-state index contributed by atoms with van der Waals surface area (Å²) in [5.74, 6) is -1.29. The van der Waals surface area contributed by atoms with Gasteiger partial charge in [0.15, 0.2) is 12.4 Å². The molecule has 6 N–H and O–H groups in total. The second-order valence-corrected chi connectivity index (χ2v) is 20.7. The smallest absolute Gasteiger partial charge is 0.306 e. The minimum Gasteiger partial charge on any atom is -0.454 e. The minimum atomic E-state index is -1.63. The Morgan fingerprint density at radius 3 is 1.41 bits per heavy atom. The lowest BCUT2D eigenvalue weighted by Crippen LogP contribution is -2.61. The van der Waals surface area contributed by atoms with Crippen molar-refractivity contribution in [2.45, 2.75) is 288 Å². The topological polar surface area (TPSA) is 175 Å². The molecule has 0 spiro atoms. The molecule has 11 heteroatoms. The second kappa shape index (κ2) is 52.3. The summed E-state index contributed by atoms with van der Waals surface area (Å²) in [6.45, 7) is 5.61. The van der Waals surface area contributed by atoms with Crippen LogP contribution in [0.3, 0.4) is 0 Å². The lowest BCUT2D eigenvalue weighted by atomic mass is 9.99. The molecule has 0 aromatic rings. The number of allylic oxidation sites excluding steroid dienone is 14. The van der Waals surface area contributed by atoms with E-state index in [1.807, 2.05) is 18.2 Å². The van der Waals surface area contributed by atoms with E-state index in [2.05, 4.69) is 92.9 Å². The standard InChI is InChI=1S/C65H111NO10/c1-4-7-10-13-16-19-22-25-27-29-31-32-34-37-40-43-46-49-52-58(69)64(73)66-56(57(68)51-48-45-42-39-36-24-21-18-15-12-9-6-3)55-74-65-63(62(72)61(71)59(54-67)75-65)76-60(70)53-50-47-44-41-38-35-33-30-28-26-23-20-17-14-11-8-5-2/h7,10,16,19,25-28,31-32,37,40,46,48-49,51,56-59,61-63,65,67-69,71-72H,4-6,8-9,11-15,17-18,20-24,29-30,33-36,38-39,41-45,47,50,52-55H2,1-3H3,(H,66,73)/b10-7-,19-16-,27-25-,28-26+,32-31-,40-37-,49-46-,51-48+. The van der Waals surface area contributed by atoms with Gasteiger partial charge in [-0.1, -0.05) is 240 Å². The zero-order valence-corrected chi connectivity index (χ0v) is 48.1. The molecule has 11 nitrogen and oxygen atoms in total. The number of hydrogen-bond acceptors (Lipinski definition) is 10. The Bertz CT molecular complexity index is 1600. The Morgan fingerprint density at radius 1 is 0.526 bits per heavy atom. The van der Waals surface area contributed by atoms with Crippen molar-refractivity contribution in [2.24, 2.45) is 0 Å². The van der Waals surface area contributed by atoms with Gasteiger partial charge in [-0.15, -0.1) is 0 Å². The van der Waals surface area contributed by atoms with Gasteiger partial charge in [0, 0.05) is 12.8 Å². The van der Waals surface area contributed by atoms with Crippen LogP contribution in [0.4, 0.5) is 0 Å². The van der Waals surface area contributed by atoms with E-state index in [4.69, 9.17) is 14.2 Å². The summed E-state index contributed by atoms with van der Waals surface area (Å²) in [5, 5.41) is 56.8. The molecule has 8 atom stereocenters. The molecule has 1 aliphatic heterocycles. The fourth-order valence-electron chi connectivity index (χ4n) is 8.90. The lowest BCUT2D eigenvalue weighted by molar-refractivity contribution is -0.305. The van der Waals surface area contributed by atoms with Crippen molar-refractivity contribution < 1.29 is 49.3 Å². The van der Waals surface area contributed by atoms with Gasteiger partial charge in [-0.05, 0) is 83.5 Å². The van der Waals surface area contributed by atoms with Gasteiger partial charge in [0.05, 0.1) is 25.4 Å². The van der Waals surface area contributed by atoms with Crippen molar-refractivity contribution in [3.63, 3.8) is 0 Å². The molecule has 0 saturated carbocycles. The Kier molecular flexibility index (Phi) is 48.6. The van der Waals surface area contributed by atoms with Crippen molar-refractivity contribution in [3.8, 4) is 0 Å². The predicted octanol–water partition coefficient (Wildman–Crippen LogP) is 14.3. The van der Waals surface area contributed by atoms with Gasteiger partial charge in [-0.25, -0.2) is 0 Å². The molecular formula is C65H111NO10. The molecule has 1 amide bonds. The van der Waals surface area contributed by atoms with E-state index in [1.54, 1.807) is 12.2 Å². The molecule has 1 rings (SSSR count). The summed E-state index contributed by atoms with van der Waals surface area (Å²) in [5.41, 5.74) is 0. The average Bonchev–Trinajstić information content (AvgIpc) is 3.42. The minimum absolute atomic E-state index is 0.0536. The molecule has 1 heterocycles. The molecule has 1 fully saturated rings. The van der Waals surface area contributed by atoms with Crippen LogP contribution in [-0.4, -0.2) is 99.6 Å². The highest BCUT2D eigenvalue weighted by Crippen LogP contribution is 2.26. The van der Waals surface area contributed by atoms with Crippen molar-refractivity contribution in [1.29, 1.82) is 0 Å². The van der Waals surface area contributed by atoms with Gasteiger partial charge in [0.25, 0.3) is 0 Å². The first-order valence-corrected chi connectivity index (χ1v) is 30.5. The number of aliphatic hydroxyl groups is 5. The summed E-state index contributed by atoms with van der Waals surface area (Å²) in [6.07, 6.45) is 58.9. The number of nitrogens with one attached hydrogen (secondary N) is 1. The number of esters is 1. The van der Waals surface area contributed by atoms with Crippen LogP contribution in [0.1, 0.15) is 239 Å². The van der Waals surface area contributed by atoms with E-state index in [0.29, 0.717) is 12.8 Å². The first-order valence-electron chi connectivity index (χ1n) is 30.5. The normalized spacial score (nSPS) is 19.8. The van der Waals surface area contributed by atoms with Crippen LogP contribution >= 0.6 is 0 Å². The summed E-state index contributed by atoms with van der Waals surface area (Å²) in [4.78, 5) is 26.5. The molecule has 0 aliphatic carbocycles. The maximum absolute atomic E-state index is 13.4. The quantitative estimate of drug-likeness (QED) is 0.0195.